The Bertz CT molecular complexity index is 1150. The van der Waals surface area contributed by atoms with Crippen molar-refractivity contribution in [2.75, 3.05) is 51.6 Å². The second-order valence-corrected chi connectivity index (χ2v) is 9.45. The number of amides is 1. The van der Waals surface area contributed by atoms with Gasteiger partial charge in [-0.05, 0) is 31.0 Å². The van der Waals surface area contributed by atoms with Gasteiger partial charge in [0.1, 0.15) is 6.54 Å². The molecule has 0 bridgehead atoms. The van der Waals surface area contributed by atoms with E-state index in [1.807, 2.05) is 13.0 Å². The monoisotopic (exact) mass is 479 g/mol. The third-order valence-corrected chi connectivity index (χ3v) is 6.67. The molecule has 0 aromatic heterocycles. The molecule has 180 valence electrons. The Labute approximate surface area is 194 Å². The number of benzene rings is 2. The summed E-state index contributed by atoms with van der Waals surface area (Å²) >= 11 is 0. The third kappa shape index (κ3) is 5.74. The predicted molar refractivity (Wildman–Crippen MR) is 125 cm³/mol. The summed E-state index contributed by atoms with van der Waals surface area (Å²) in [6, 6.07) is 8.11. The Hall–Kier alpha value is -3.31. The molecule has 0 saturated heterocycles. The highest BCUT2D eigenvalue weighted by Gasteiger charge is 2.29. The van der Waals surface area contributed by atoms with E-state index in [4.69, 9.17) is 14.2 Å². The van der Waals surface area contributed by atoms with Crippen molar-refractivity contribution < 1.29 is 32.2 Å². The van der Waals surface area contributed by atoms with Crippen LogP contribution in [-0.2, 0) is 19.7 Å². The minimum Gasteiger partial charge on any atom is -0.493 e. The maximum atomic E-state index is 13.0. The van der Waals surface area contributed by atoms with Crippen molar-refractivity contribution in [3.63, 3.8) is 0 Å². The molecule has 2 aromatic carbocycles. The van der Waals surface area contributed by atoms with Crippen LogP contribution in [0.25, 0.3) is 0 Å². The van der Waals surface area contributed by atoms with E-state index in [2.05, 4.69) is 5.32 Å². The zero-order chi connectivity index (χ0) is 24.9. The SMILES string of the molecule is COC(=O)c1cc(OC)c(OC)cc1NC(=O)CN(c1cc(C)ccc1C)S(=O)(=O)N(C)C. The number of carbonyl (C=O) groups is 2. The summed E-state index contributed by atoms with van der Waals surface area (Å²) in [5.41, 5.74) is 2.01. The third-order valence-electron chi connectivity index (χ3n) is 4.86. The minimum absolute atomic E-state index is 0.0252. The smallest absolute Gasteiger partial charge is 0.340 e. The van der Waals surface area contributed by atoms with E-state index in [1.165, 1.54) is 47.6 Å². The number of anilines is 2. The van der Waals surface area contributed by atoms with Gasteiger partial charge in [0.25, 0.3) is 0 Å². The molecule has 0 atom stereocenters. The number of ether oxygens (including phenoxy) is 3. The summed E-state index contributed by atoms with van der Waals surface area (Å²) in [5, 5.41) is 2.60. The molecule has 2 aromatic rings. The standard InChI is InChI=1S/C22H29N3O7S/c1-14-8-9-15(2)18(10-14)25(33(28,29)24(3)4)13-21(26)23-17-12-20(31-6)19(30-5)11-16(17)22(27)32-7/h8-12H,13H2,1-7H3,(H,23,26). The lowest BCUT2D eigenvalue weighted by Crippen LogP contribution is -2.44. The average molecular weight is 480 g/mol. The molecule has 0 fully saturated rings. The predicted octanol–water partition coefficient (Wildman–Crippen LogP) is 2.36. The lowest BCUT2D eigenvalue weighted by Gasteiger charge is -2.28. The summed E-state index contributed by atoms with van der Waals surface area (Å²) in [4.78, 5) is 25.3. The summed E-state index contributed by atoms with van der Waals surface area (Å²) in [7, 11) is 2.79. The first-order valence-corrected chi connectivity index (χ1v) is 11.3. The molecule has 1 amide bonds. The van der Waals surface area contributed by atoms with Crippen molar-refractivity contribution in [1.29, 1.82) is 0 Å². The van der Waals surface area contributed by atoms with Crippen LogP contribution in [0, 0.1) is 13.8 Å². The Kier molecular flexibility index (Phi) is 8.29. The highest BCUT2D eigenvalue weighted by molar-refractivity contribution is 7.90. The zero-order valence-electron chi connectivity index (χ0n) is 19.8. The number of hydrogen-bond donors (Lipinski definition) is 1. The molecule has 0 spiro atoms. The number of rotatable bonds is 9. The van der Waals surface area contributed by atoms with Gasteiger partial charge in [0.2, 0.25) is 5.91 Å². The number of carbonyl (C=O) groups excluding carboxylic acids is 2. The Morgan fingerprint density at radius 1 is 0.970 bits per heavy atom. The second-order valence-electron chi connectivity index (χ2n) is 7.38. The normalized spacial score (nSPS) is 11.2. The number of esters is 1. The van der Waals surface area contributed by atoms with Gasteiger partial charge in [-0.15, -0.1) is 0 Å². The summed E-state index contributed by atoms with van der Waals surface area (Å²) in [6.07, 6.45) is 0. The molecular weight excluding hydrogens is 450 g/mol. The van der Waals surface area contributed by atoms with Crippen LogP contribution in [0.5, 0.6) is 11.5 Å². The van der Waals surface area contributed by atoms with Crippen LogP contribution in [-0.4, -0.2) is 66.6 Å². The molecule has 0 aliphatic carbocycles. The first-order valence-electron chi connectivity index (χ1n) is 9.87. The molecular formula is C22H29N3O7S. The number of nitrogens with one attached hydrogen (secondary N) is 1. The van der Waals surface area contributed by atoms with Gasteiger partial charge in [0, 0.05) is 26.2 Å². The lowest BCUT2D eigenvalue weighted by molar-refractivity contribution is -0.114. The van der Waals surface area contributed by atoms with E-state index in [0.717, 1.165) is 14.2 Å². The summed E-state index contributed by atoms with van der Waals surface area (Å²) in [6.45, 7) is 3.06. The molecule has 0 aliphatic heterocycles. The van der Waals surface area contributed by atoms with Crippen molar-refractivity contribution in [1.82, 2.24) is 4.31 Å². The summed E-state index contributed by atoms with van der Waals surface area (Å²) in [5.74, 6) is -0.840. The topological polar surface area (TPSA) is 114 Å². The number of nitrogens with zero attached hydrogens (tertiary/aromatic N) is 2. The van der Waals surface area contributed by atoms with Gasteiger partial charge in [-0.3, -0.25) is 4.79 Å². The van der Waals surface area contributed by atoms with Crippen molar-refractivity contribution in [3.05, 3.63) is 47.0 Å². The van der Waals surface area contributed by atoms with Gasteiger partial charge < -0.3 is 19.5 Å². The highest BCUT2D eigenvalue weighted by atomic mass is 32.2. The van der Waals surface area contributed by atoms with Crippen LogP contribution < -0.4 is 19.1 Å². The van der Waals surface area contributed by atoms with Crippen LogP contribution >= 0.6 is 0 Å². The largest absolute Gasteiger partial charge is 0.493 e. The number of hydrogen-bond acceptors (Lipinski definition) is 7. The van der Waals surface area contributed by atoms with E-state index < -0.39 is 28.6 Å². The van der Waals surface area contributed by atoms with Gasteiger partial charge in [-0.25, -0.2) is 9.10 Å². The van der Waals surface area contributed by atoms with Crippen LogP contribution in [0.2, 0.25) is 0 Å². The van der Waals surface area contributed by atoms with Crippen molar-refractivity contribution >= 4 is 33.5 Å². The van der Waals surface area contributed by atoms with E-state index in [-0.39, 0.29) is 22.7 Å². The minimum atomic E-state index is -4.00. The summed E-state index contributed by atoms with van der Waals surface area (Å²) < 4.78 is 43.4. The highest BCUT2D eigenvalue weighted by Crippen LogP contribution is 2.34. The van der Waals surface area contributed by atoms with Gasteiger partial charge in [0.15, 0.2) is 11.5 Å². The molecule has 0 heterocycles. The molecule has 0 saturated carbocycles. The van der Waals surface area contributed by atoms with E-state index in [1.54, 1.807) is 19.1 Å². The first kappa shape index (κ1) is 25.9. The van der Waals surface area contributed by atoms with Gasteiger partial charge in [-0.2, -0.15) is 12.7 Å². The molecule has 2 rings (SSSR count). The average Bonchev–Trinajstić information content (AvgIpc) is 2.78. The molecule has 11 heteroatoms. The Balaban J connectivity index is 2.49. The van der Waals surface area contributed by atoms with Crippen molar-refractivity contribution in [2.24, 2.45) is 0 Å². The van der Waals surface area contributed by atoms with E-state index in [0.29, 0.717) is 11.3 Å². The molecule has 10 nitrogen and oxygen atoms in total. The second kappa shape index (κ2) is 10.5. The van der Waals surface area contributed by atoms with Crippen molar-refractivity contribution in [2.45, 2.75) is 13.8 Å². The molecule has 1 N–H and O–H groups in total. The van der Waals surface area contributed by atoms with E-state index in [9.17, 15) is 18.0 Å². The van der Waals surface area contributed by atoms with Crippen LogP contribution in [0.1, 0.15) is 21.5 Å². The first-order chi connectivity index (χ1) is 15.5. The fraction of sp³-hybridized carbons (Fsp3) is 0.364. The molecule has 0 radical (unpaired) electrons. The number of methoxy groups -OCH3 is 3. The van der Waals surface area contributed by atoms with E-state index >= 15 is 0 Å². The van der Waals surface area contributed by atoms with Gasteiger partial charge >= 0.3 is 16.2 Å². The van der Waals surface area contributed by atoms with Crippen LogP contribution in [0.3, 0.4) is 0 Å². The fourth-order valence-electron chi connectivity index (χ4n) is 3.06. The maximum Gasteiger partial charge on any atom is 0.340 e. The Morgan fingerprint density at radius 2 is 1.58 bits per heavy atom. The van der Waals surface area contributed by atoms with Gasteiger partial charge in [0.05, 0.1) is 38.3 Å². The Morgan fingerprint density at radius 3 is 2.12 bits per heavy atom. The number of aryl methyl sites for hydroxylation is 2. The lowest BCUT2D eigenvalue weighted by atomic mass is 10.1. The maximum absolute atomic E-state index is 13.0. The van der Waals surface area contributed by atoms with Crippen molar-refractivity contribution in [3.8, 4) is 11.5 Å². The van der Waals surface area contributed by atoms with Crippen LogP contribution in [0.4, 0.5) is 11.4 Å². The fourth-order valence-corrected chi connectivity index (χ4v) is 4.18. The zero-order valence-corrected chi connectivity index (χ0v) is 20.6. The van der Waals surface area contributed by atoms with Gasteiger partial charge in [-0.1, -0.05) is 12.1 Å². The quantitative estimate of drug-likeness (QED) is 0.549. The van der Waals surface area contributed by atoms with Crippen LogP contribution in [0.15, 0.2) is 30.3 Å². The molecule has 0 unspecified atom stereocenters. The molecule has 33 heavy (non-hydrogen) atoms. The molecule has 0 aliphatic rings.